The molecule has 1 nitrogen and oxygen atoms in total. The van der Waals surface area contributed by atoms with Crippen molar-refractivity contribution in [2.24, 2.45) is 11.7 Å². The number of hydrogen-bond donors (Lipinski definition) is 1. The van der Waals surface area contributed by atoms with E-state index in [-0.39, 0.29) is 12.4 Å². The molecule has 2 heteroatoms. The molecule has 0 aliphatic heterocycles. The third-order valence-corrected chi connectivity index (χ3v) is 2.14. The topological polar surface area (TPSA) is 26.0 Å². The zero-order chi connectivity index (χ0) is 5.98. The van der Waals surface area contributed by atoms with E-state index in [1.165, 1.54) is 25.7 Å². The number of halogens is 1. The van der Waals surface area contributed by atoms with E-state index < -0.39 is 0 Å². The van der Waals surface area contributed by atoms with Gasteiger partial charge in [0.2, 0.25) is 0 Å². The van der Waals surface area contributed by atoms with Crippen LogP contribution in [0.4, 0.5) is 0 Å². The Labute approximate surface area is 63.4 Å². The lowest BCUT2D eigenvalue weighted by molar-refractivity contribution is 0.458. The molecule has 0 heterocycles. The standard InChI is InChI=1S/C7H15N.ClH/c1-6(8)7-4-2-3-5-7;/h6-7H,2-5,8H2,1H3;1H/t6-;/m0./s1. The van der Waals surface area contributed by atoms with Gasteiger partial charge in [-0.05, 0) is 25.7 Å². The second-order valence-electron chi connectivity index (χ2n) is 2.90. The van der Waals surface area contributed by atoms with Crippen LogP contribution < -0.4 is 5.73 Å². The first-order chi connectivity index (χ1) is 3.80. The molecule has 1 saturated carbocycles. The molecule has 0 radical (unpaired) electrons. The third kappa shape index (κ3) is 2.55. The average Bonchev–Trinajstić information content (AvgIpc) is 2.12. The molecular weight excluding hydrogens is 134 g/mol. The summed E-state index contributed by atoms with van der Waals surface area (Å²) in [4.78, 5) is 0. The van der Waals surface area contributed by atoms with Crippen LogP contribution in [0, 0.1) is 5.92 Å². The zero-order valence-corrected chi connectivity index (χ0v) is 6.79. The second kappa shape index (κ2) is 4.13. The highest BCUT2D eigenvalue weighted by Crippen LogP contribution is 2.26. The minimum absolute atomic E-state index is 0. The number of rotatable bonds is 1. The Morgan fingerprint density at radius 2 is 1.78 bits per heavy atom. The van der Waals surface area contributed by atoms with Crippen LogP contribution in [0.25, 0.3) is 0 Å². The molecule has 1 aliphatic rings. The fourth-order valence-electron chi connectivity index (χ4n) is 1.48. The van der Waals surface area contributed by atoms with Crippen molar-refractivity contribution in [1.29, 1.82) is 0 Å². The van der Waals surface area contributed by atoms with Crippen LogP contribution in [0.3, 0.4) is 0 Å². The van der Waals surface area contributed by atoms with Crippen molar-refractivity contribution in [2.75, 3.05) is 0 Å². The van der Waals surface area contributed by atoms with Gasteiger partial charge in [-0.3, -0.25) is 0 Å². The van der Waals surface area contributed by atoms with Crippen molar-refractivity contribution in [3.63, 3.8) is 0 Å². The van der Waals surface area contributed by atoms with E-state index in [9.17, 15) is 0 Å². The SMILES string of the molecule is C[C@H](N)C1CCCC1.Cl. The Morgan fingerprint density at radius 3 is 2.00 bits per heavy atom. The van der Waals surface area contributed by atoms with Gasteiger partial charge >= 0.3 is 0 Å². The van der Waals surface area contributed by atoms with Gasteiger partial charge in [0.15, 0.2) is 0 Å². The van der Waals surface area contributed by atoms with Gasteiger partial charge in [-0.15, -0.1) is 12.4 Å². The molecule has 1 rings (SSSR count). The quantitative estimate of drug-likeness (QED) is 0.606. The predicted molar refractivity (Wildman–Crippen MR) is 42.9 cm³/mol. The minimum Gasteiger partial charge on any atom is -0.328 e. The molecule has 1 aliphatic carbocycles. The van der Waals surface area contributed by atoms with Crippen molar-refractivity contribution in [1.82, 2.24) is 0 Å². The van der Waals surface area contributed by atoms with E-state index >= 15 is 0 Å². The van der Waals surface area contributed by atoms with Crippen molar-refractivity contribution < 1.29 is 0 Å². The fraction of sp³-hybridized carbons (Fsp3) is 1.00. The molecule has 9 heavy (non-hydrogen) atoms. The maximum absolute atomic E-state index is 5.70. The zero-order valence-electron chi connectivity index (χ0n) is 5.97. The second-order valence-corrected chi connectivity index (χ2v) is 2.90. The lowest BCUT2D eigenvalue weighted by atomic mass is 10.0. The van der Waals surface area contributed by atoms with E-state index in [1.54, 1.807) is 0 Å². The van der Waals surface area contributed by atoms with Gasteiger partial charge in [0.05, 0.1) is 0 Å². The average molecular weight is 150 g/mol. The normalized spacial score (nSPS) is 23.3. The maximum Gasteiger partial charge on any atom is 0.00387 e. The first kappa shape index (κ1) is 9.25. The first-order valence-corrected chi connectivity index (χ1v) is 3.56. The highest BCUT2D eigenvalue weighted by Gasteiger charge is 2.17. The van der Waals surface area contributed by atoms with Gasteiger partial charge in [0.1, 0.15) is 0 Å². The molecule has 1 atom stereocenters. The Kier molecular flexibility index (Phi) is 4.24. The summed E-state index contributed by atoms with van der Waals surface area (Å²) in [5.41, 5.74) is 5.70. The van der Waals surface area contributed by atoms with Crippen molar-refractivity contribution >= 4 is 12.4 Å². The Hall–Kier alpha value is 0.250. The number of hydrogen-bond acceptors (Lipinski definition) is 1. The predicted octanol–water partition coefficient (Wildman–Crippen LogP) is 1.95. The summed E-state index contributed by atoms with van der Waals surface area (Å²) < 4.78 is 0. The van der Waals surface area contributed by atoms with Gasteiger partial charge in [0, 0.05) is 6.04 Å². The van der Waals surface area contributed by atoms with Crippen LogP contribution in [0.15, 0.2) is 0 Å². The molecule has 56 valence electrons. The van der Waals surface area contributed by atoms with Crippen molar-refractivity contribution in [2.45, 2.75) is 38.6 Å². The Bertz CT molecular complexity index is 67.3. The molecule has 0 aromatic heterocycles. The van der Waals surface area contributed by atoms with E-state index in [0.29, 0.717) is 6.04 Å². The molecule has 0 spiro atoms. The molecule has 0 aromatic carbocycles. The highest BCUT2D eigenvalue weighted by atomic mass is 35.5. The van der Waals surface area contributed by atoms with Crippen LogP contribution in [0.2, 0.25) is 0 Å². The minimum atomic E-state index is 0. The van der Waals surface area contributed by atoms with Gasteiger partial charge in [-0.1, -0.05) is 12.8 Å². The molecular formula is C7H16ClN. The fourth-order valence-corrected chi connectivity index (χ4v) is 1.48. The third-order valence-electron chi connectivity index (χ3n) is 2.14. The summed E-state index contributed by atoms with van der Waals surface area (Å²) in [6.07, 6.45) is 5.56. The van der Waals surface area contributed by atoms with Crippen LogP contribution in [-0.4, -0.2) is 6.04 Å². The monoisotopic (exact) mass is 149 g/mol. The molecule has 0 aromatic rings. The summed E-state index contributed by atoms with van der Waals surface area (Å²) in [6, 6.07) is 0.442. The van der Waals surface area contributed by atoms with E-state index in [1.807, 2.05) is 0 Å². The van der Waals surface area contributed by atoms with Gasteiger partial charge in [-0.25, -0.2) is 0 Å². The molecule has 1 fully saturated rings. The Balaban J connectivity index is 0.000000640. The van der Waals surface area contributed by atoms with Crippen LogP contribution in [0.1, 0.15) is 32.6 Å². The van der Waals surface area contributed by atoms with E-state index in [4.69, 9.17) is 5.73 Å². The maximum atomic E-state index is 5.70. The summed E-state index contributed by atoms with van der Waals surface area (Å²) >= 11 is 0. The van der Waals surface area contributed by atoms with Crippen LogP contribution >= 0.6 is 12.4 Å². The van der Waals surface area contributed by atoms with Crippen LogP contribution in [-0.2, 0) is 0 Å². The Morgan fingerprint density at radius 1 is 1.33 bits per heavy atom. The van der Waals surface area contributed by atoms with Gasteiger partial charge in [0.25, 0.3) is 0 Å². The smallest absolute Gasteiger partial charge is 0.00387 e. The summed E-state index contributed by atoms with van der Waals surface area (Å²) in [5, 5.41) is 0. The molecule has 2 N–H and O–H groups in total. The number of nitrogens with two attached hydrogens (primary N) is 1. The summed E-state index contributed by atoms with van der Waals surface area (Å²) in [5.74, 6) is 0.843. The van der Waals surface area contributed by atoms with Crippen molar-refractivity contribution in [3.8, 4) is 0 Å². The van der Waals surface area contributed by atoms with Crippen molar-refractivity contribution in [3.05, 3.63) is 0 Å². The van der Waals surface area contributed by atoms with Gasteiger partial charge < -0.3 is 5.73 Å². The summed E-state index contributed by atoms with van der Waals surface area (Å²) in [6.45, 7) is 2.12. The molecule has 0 unspecified atom stereocenters. The molecule has 0 saturated heterocycles. The molecule has 0 amide bonds. The largest absolute Gasteiger partial charge is 0.328 e. The molecule has 0 bridgehead atoms. The highest BCUT2D eigenvalue weighted by molar-refractivity contribution is 5.85. The lowest BCUT2D eigenvalue weighted by Crippen LogP contribution is -2.23. The lowest BCUT2D eigenvalue weighted by Gasteiger charge is -2.11. The van der Waals surface area contributed by atoms with E-state index in [2.05, 4.69) is 6.92 Å². The summed E-state index contributed by atoms with van der Waals surface area (Å²) in [7, 11) is 0. The van der Waals surface area contributed by atoms with Gasteiger partial charge in [-0.2, -0.15) is 0 Å². The first-order valence-electron chi connectivity index (χ1n) is 3.56. The van der Waals surface area contributed by atoms with E-state index in [0.717, 1.165) is 5.92 Å². The van der Waals surface area contributed by atoms with Crippen LogP contribution in [0.5, 0.6) is 0 Å².